The molecule has 732 valence electrons. The largest absolute Gasteiger partial charge is 0.478 e. The number of carboxylic acid groups (broad SMARTS) is 6. The Morgan fingerprint density at radius 2 is 0.340 bits per heavy atom. The van der Waals surface area contributed by atoms with Crippen molar-refractivity contribution in [3.8, 4) is 0 Å². The Bertz CT molecular complexity index is 6800. The first-order valence-electron chi connectivity index (χ1n) is 41.7. The molecular formula is C99H94N10O32. The molecule has 11 aromatic carbocycles. The summed E-state index contributed by atoms with van der Waals surface area (Å²) in [4.78, 5) is 201. The summed E-state index contributed by atoms with van der Waals surface area (Å²) in [5.41, 5.74) is -1.37. The van der Waals surface area contributed by atoms with Crippen molar-refractivity contribution >= 4 is 140 Å². The van der Waals surface area contributed by atoms with Crippen LogP contribution in [-0.4, -0.2) is 191 Å². The fraction of sp³-hybridized carbons (Fsp3) is 0.172. The number of aryl methyl sites for hydroxylation is 2. The summed E-state index contributed by atoms with van der Waals surface area (Å²) in [5, 5.41) is 177. The summed E-state index contributed by atoms with van der Waals surface area (Å²) in [6, 6.07) is 41.2. The van der Waals surface area contributed by atoms with Gasteiger partial charge >= 0.3 is 35.8 Å². The second-order valence-corrected chi connectivity index (χ2v) is 33.6. The molecule has 0 fully saturated rings. The van der Waals surface area contributed by atoms with E-state index in [9.17, 15) is 148 Å². The number of hydrogen-bond acceptors (Lipinski definition) is 26. The second kappa shape index (κ2) is 45.5. The highest BCUT2D eigenvalue weighted by Crippen LogP contribution is 2.35. The molecule has 26 N–H and O–H groups in total. The molecule has 0 aliphatic carbocycles. The van der Waals surface area contributed by atoms with Crippen LogP contribution in [0, 0.1) is 13.8 Å². The van der Waals surface area contributed by atoms with Crippen LogP contribution in [0.2, 0.25) is 0 Å². The lowest BCUT2D eigenvalue weighted by Gasteiger charge is -2.26. The molecule has 11 aromatic rings. The molecule has 0 aromatic heterocycles. The second-order valence-electron chi connectivity index (χ2n) is 33.6. The van der Waals surface area contributed by atoms with Gasteiger partial charge in [-0.2, -0.15) is 0 Å². The fourth-order valence-corrected chi connectivity index (χ4v) is 13.5. The minimum Gasteiger partial charge on any atom is -0.478 e. The Hall–Kier alpha value is -17.5. The van der Waals surface area contributed by atoms with Gasteiger partial charge in [0.1, 0.15) is 0 Å². The predicted molar refractivity (Wildman–Crippen MR) is 506 cm³/mol. The number of aliphatic hydroxyl groups excluding tert-OH is 5. The number of nitrogens with one attached hydrogen (secondary N) is 10. The van der Waals surface area contributed by atoms with Gasteiger partial charge in [-0.05, 0) is 241 Å². The Morgan fingerprint density at radius 3 is 0.567 bits per heavy atom. The first kappa shape index (κ1) is 107. The lowest BCUT2D eigenvalue weighted by Crippen LogP contribution is -2.21. The van der Waals surface area contributed by atoms with E-state index in [-0.39, 0.29) is 151 Å². The van der Waals surface area contributed by atoms with Crippen LogP contribution < -0.4 is 53.2 Å². The van der Waals surface area contributed by atoms with E-state index in [0.29, 0.717) is 16.8 Å². The highest BCUT2D eigenvalue weighted by Gasteiger charge is 2.28. The molecule has 0 atom stereocenters. The van der Waals surface area contributed by atoms with E-state index < -0.39 is 143 Å². The van der Waals surface area contributed by atoms with Crippen molar-refractivity contribution < 1.29 is 158 Å². The molecule has 0 saturated carbocycles. The van der Waals surface area contributed by atoms with Gasteiger partial charge in [0.15, 0.2) is 31.5 Å². The summed E-state index contributed by atoms with van der Waals surface area (Å²) < 4.78 is 0. The Balaban J connectivity index is 0.000000257. The highest BCUT2D eigenvalue weighted by molar-refractivity contribution is 6.15. The van der Waals surface area contributed by atoms with Crippen LogP contribution in [0.5, 0.6) is 0 Å². The van der Waals surface area contributed by atoms with Crippen molar-refractivity contribution in [1.82, 2.24) is 10.6 Å². The number of aromatic carboxylic acids is 6. The summed E-state index contributed by atoms with van der Waals surface area (Å²) in [7, 11) is 2.73. The minimum absolute atomic E-state index is 0.0190. The third-order valence-electron chi connectivity index (χ3n) is 20.5. The minimum atomic E-state index is -2.18. The predicted octanol–water partition coefficient (Wildman–Crippen LogP) is 10.1. The topological polar surface area (TPSA) is 717 Å². The maximum absolute atomic E-state index is 13.8. The molecule has 0 aliphatic rings. The van der Waals surface area contributed by atoms with Crippen LogP contribution >= 0.6 is 0 Å². The van der Waals surface area contributed by atoms with Gasteiger partial charge in [0.25, 0.3) is 59.1 Å². The van der Waals surface area contributed by atoms with Crippen LogP contribution in [0.1, 0.15) is 289 Å². The van der Waals surface area contributed by atoms with E-state index in [1.54, 1.807) is 13.8 Å². The molecule has 0 heterocycles. The standard InChI is InChI=1S/C48H49N5O11.C34H30N4O14.C17H15NO7/c1-24-9-25(40(55)50-35-15-27(39(54)49-8)12-28(16-35)42(57)53-38-22-33(47(2,3)4)21-34(23-38)48(5,6)7)11-26(10-24)41(56)51-36-17-29(13-30(18-36)44(59)60)43(58)52-37-19-31(45(61)62)14-32(20-37)46(63)64;1-35-26(39)16-3-17(29(42)38-25-12-21(33(49)50)7-22(13-25)34(51)52)9-23(8-16)36-27(40)14-2-15(5-18(4-14)30(43)44)28(41)37-24-10-19(31(45)46)6-20(11-24)32(47)48;1-8-2-9(4-10(3-8)15(20)21)14(19)18-13-6-11(16(22)23)5-12(7-13)17(24)25/h9-23,45,61-62H,1-8H3,(H,49,54)(H,50,55)(H,51,56)(H,52,58)(H,53,57)(H,59,60)(H,63,64);2-13,30,33-34,43-44,49-52H,1H3,(H,35,39)(H,36,40)(H,37,41)(H,38,42)(H,45,46)(H,47,48);2-7,16,22-23H,1H3,(H,18,19)(H,20,21)(H,24,25). The first-order valence-corrected chi connectivity index (χ1v) is 41.7. The van der Waals surface area contributed by atoms with Gasteiger partial charge in [-0.1, -0.05) is 47.6 Å². The Kier molecular flexibility index (Phi) is 34.6. The monoisotopic (exact) mass is 1930 g/mol. The van der Waals surface area contributed by atoms with Gasteiger partial charge < -0.3 is 135 Å². The van der Waals surface area contributed by atoms with Crippen LogP contribution in [0.3, 0.4) is 0 Å². The zero-order chi connectivity index (χ0) is 105. The molecular weight excluding hydrogens is 1840 g/mol. The smallest absolute Gasteiger partial charge is 0.335 e. The van der Waals surface area contributed by atoms with Gasteiger partial charge in [-0.25, -0.2) is 28.8 Å². The summed E-state index contributed by atoms with van der Waals surface area (Å²) in [6.45, 7) is 15.7. The summed E-state index contributed by atoms with van der Waals surface area (Å²) in [5.74, 6) is -15.9. The highest BCUT2D eigenvalue weighted by atomic mass is 16.5. The van der Waals surface area contributed by atoms with Gasteiger partial charge in [0.05, 0.1) is 33.4 Å². The van der Waals surface area contributed by atoms with E-state index in [4.69, 9.17) is 10.2 Å². The average molecular weight is 1940 g/mol. The van der Waals surface area contributed by atoms with Gasteiger partial charge in [-0.3, -0.25) is 47.9 Å². The van der Waals surface area contributed by atoms with Crippen molar-refractivity contribution in [2.24, 2.45) is 0 Å². The molecule has 42 heteroatoms. The van der Waals surface area contributed by atoms with Crippen LogP contribution in [0.15, 0.2) is 200 Å². The molecule has 0 aliphatic heterocycles. The SMILES string of the molecule is CNC(=O)c1cc(NC(=O)c2cc(C(=O)Nc3cc(C(=O)O)cc(C(=O)O)c3)cc(C(O)O)c2)cc(C(=O)Nc2cc(C(O)O)cc(C(O)O)c2)c1.CNC(=O)c1cc(NC(=O)c2cc(C)cc(C(=O)Nc3cc(C(=O)O)cc(C(=O)Nc4cc(C(=O)O)cc(C(O)O)c4)c3)c2)cc(C(=O)Nc2cc(C(C)(C)C)cc(C(C)(C)C)c2)c1.Cc1cc(C(=O)O)cc(C(=O)Nc2cc(C(=O)O)cc(C(O)O)c2)c1. The molecule has 0 saturated heterocycles. The number of aliphatic hydroxyl groups is 10. The van der Waals surface area contributed by atoms with Crippen LogP contribution in [0.4, 0.5) is 45.5 Å². The molecule has 141 heavy (non-hydrogen) atoms. The van der Waals surface area contributed by atoms with Crippen molar-refractivity contribution in [1.29, 1.82) is 0 Å². The van der Waals surface area contributed by atoms with E-state index in [2.05, 4.69) is 101 Å². The first-order chi connectivity index (χ1) is 65.9. The zero-order valence-corrected chi connectivity index (χ0v) is 76.1. The number of rotatable bonds is 29. The molecule has 11 rings (SSSR count). The summed E-state index contributed by atoms with van der Waals surface area (Å²) >= 11 is 0. The van der Waals surface area contributed by atoms with Gasteiger partial charge in [-0.15, -0.1) is 0 Å². The third kappa shape index (κ3) is 29.3. The fourth-order valence-electron chi connectivity index (χ4n) is 13.5. The molecule has 0 bridgehead atoms. The number of anilines is 8. The zero-order valence-electron chi connectivity index (χ0n) is 76.1. The number of amides is 10. The molecule has 0 unspecified atom stereocenters. The Labute approximate surface area is 799 Å². The van der Waals surface area contributed by atoms with E-state index in [1.165, 1.54) is 86.9 Å². The van der Waals surface area contributed by atoms with Crippen LogP contribution in [0.25, 0.3) is 0 Å². The van der Waals surface area contributed by atoms with Crippen molar-refractivity contribution in [3.63, 3.8) is 0 Å². The molecule has 0 radical (unpaired) electrons. The number of carbonyl (C=O) groups excluding carboxylic acids is 10. The van der Waals surface area contributed by atoms with Crippen LogP contribution in [-0.2, 0) is 10.8 Å². The van der Waals surface area contributed by atoms with E-state index in [1.807, 2.05) is 12.1 Å². The molecule has 0 spiro atoms. The number of carbonyl (C=O) groups is 16. The maximum Gasteiger partial charge on any atom is 0.335 e. The van der Waals surface area contributed by atoms with Crippen molar-refractivity contribution in [2.45, 2.75) is 97.7 Å². The molecule has 42 nitrogen and oxygen atoms in total. The van der Waals surface area contributed by atoms with Crippen molar-refractivity contribution in [3.05, 3.63) is 339 Å². The lowest BCUT2D eigenvalue weighted by molar-refractivity contribution is -0.0478. The normalized spacial score (nSPS) is 11.1. The summed E-state index contributed by atoms with van der Waals surface area (Å²) in [6.07, 6.45) is -10.2. The van der Waals surface area contributed by atoms with E-state index in [0.717, 1.165) is 120 Å². The van der Waals surface area contributed by atoms with Gasteiger partial charge in [0, 0.05) is 143 Å². The average Bonchev–Trinajstić information content (AvgIpc) is 0.803. The number of benzene rings is 11. The van der Waals surface area contributed by atoms with Crippen molar-refractivity contribution in [2.75, 3.05) is 56.6 Å². The van der Waals surface area contributed by atoms with E-state index >= 15 is 0 Å². The number of carboxylic acids is 6. The maximum atomic E-state index is 13.8. The number of hydrogen-bond donors (Lipinski definition) is 26. The van der Waals surface area contributed by atoms with Gasteiger partial charge in [0.2, 0.25) is 0 Å². The third-order valence-corrected chi connectivity index (χ3v) is 20.5. The molecule has 10 amide bonds. The quantitative estimate of drug-likeness (QED) is 0.0194. The lowest BCUT2D eigenvalue weighted by atomic mass is 9.80. The Morgan fingerprint density at radius 1 is 0.191 bits per heavy atom.